The molecule has 0 heterocycles. The number of aryl methyl sites for hydroxylation is 2. The van der Waals surface area contributed by atoms with Gasteiger partial charge in [0.2, 0.25) is 0 Å². The predicted octanol–water partition coefficient (Wildman–Crippen LogP) is 6.11. The van der Waals surface area contributed by atoms with Crippen molar-refractivity contribution in [1.82, 2.24) is 5.32 Å². The Morgan fingerprint density at radius 3 is 1.88 bits per heavy atom. The molecule has 0 bridgehead atoms. The molecule has 0 aliphatic carbocycles. The number of hydrogen-bond donors (Lipinski definition) is 2. The summed E-state index contributed by atoms with van der Waals surface area (Å²) in [5.74, 6) is -2.12. The van der Waals surface area contributed by atoms with Gasteiger partial charge in [-0.2, -0.15) is 13.2 Å². The molecule has 0 aliphatic rings. The standard InChI is InChI=1S/C28H24F3NO2/c1-18-8-5-12-21(16-18)27(34,22-13-6-9-19(2)17-22)25(32-26(33)28(29,30)31)24-15-7-11-20-10-3-4-14-23(20)24/h3-17,25,34H,1-2H3,(H,32,33). The highest BCUT2D eigenvalue weighted by Crippen LogP contribution is 2.44. The van der Waals surface area contributed by atoms with Crippen LogP contribution in [0.15, 0.2) is 91.0 Å². The van der Waals surface area contributed by atoms with E-state index < -0.39 is 23.7 Å². The van der Waals surface area contributed by atoms with Gasteiger partial charge in [0.05, 0.1) is 6.04 Å². The van der Waals surface area contributed by atoms with Crippen molar-refractivity contribution in [1.29, 1.82) is 0 Å². The highest BCUT2D eigenvalue weighted by atomic mass is 19.4. The zero-order valence-electron chi connectivity index (χ0n) is 18.7. The maximum atomic E-state index is 13.5. The Morgan fingerprint density at radius 1 is 0.794 bits per heavy atom. The lowest BCUT2D eigenvalue weighted by atomic mass is 9.75. The van der Waals surface area contributed by atoms with Crippen molar-refractivity contribution in [2.24, 2.45) is 0 Å². The van der Waals surface area contributed by atoms with Gasteiger partial charge in [-0.25, -0.2) is 0 Å². The summed E-state index contributed by atoms with van der Waals surface area (Å²) in [6.45, 7) is 3.67. The molecule has 2 N–H and O–H groups in total. The third kappa shape index (κ3) is 4.41. The summed E-state index contributed by atoms with van der Waals surface area (Å²) >= 11 is 0. The zero-order chi connectivity index (χ0) is 24.5. The second-order valence-corrected chi connectivity index (χ2v) is 8.48. The van der Waals surface area contributed by atoms with Crippen LogP contribution in [0.25, 0.3) is 10.8 Å². The molecule has 0 fully saturated rings. The van der Waals surface area contributed by atoms with Gasteiger partial charge in [0, 0.05) is 0 Å². The average Bonchev–Trinajstić information content (AvgIpc) is 2.81. The van der Waals surface area contributed by atoms with Gasteiger partial charge in [0.25, 0.3) is 0 Å². The van der Waals surface area contributed by atoms with E-state index in [1.54, 1.807) is 60.7 Å². The molecule has 34 heavy (non-hydrogen) atoms. The van der Waals surface area contributed by atoms with Crippen LogP contribution in [-0.2, 0) is 10.4 Å². The Labute approximate surface area is 195 Å². The molecule has 0 spiro atoms. The third-order valence-electron chi connectivity index (χ3n) is 6.00. The molecule has 4 rings (SSSR count). The lowest BCUT2D eigenvalue weighted by Gasteiger charge is -2.39. The summed E-state index contributed by atoms with van der Waals surface area (Å²) < 4.78 is 40.4. The fourth-order valence-corrected chi connectivity index (χ4v) is 4.39. The van der Waals surface area contributed by atoms with Gasteiger partial charge in [0.15, 0.2) is 0 Å². The molecule has 3 nitrogen and oxygen atoms in total. The van der Waals surface area contributed by atoms with Gasteiger partial charge < -0.3 is 10.4 Å². The van der Waals surface area contributed by atoms with E-state index in [9.17, 15) is 23.1 Å². The van der Waals surface area contributed by atoms with Crippen LogP contribution in [-0.4, -0.2) is 17.2 Å². The van der Waals surface area contributed by atoms with Crippen LogP contribution in [0.5, 0.6) is 0 Å². The first-order valence-electron chi connectivity index (χ1n) is 10.8. The number of fused-ring (bicyclic) bond motifs is 1. The normalized spacial score (nSPS) is 13.0. The fourth-order valence-electron chi connectivity index (χ4n) is 4.39. The number of rotatable bonds is 5. The van der Waals surface area contributed by atoms with Gasteiger partial charge in [-0.1, -0.05) is 102 Å². The van der Waals surface area contributed by atoms with Gasteiger partial charge in [-0.05, 0) is 41.3 Å². The van der Waals surface area contributed by atoms with E-state index in [4.69, 9.17) is 0 Å². The largest absolute Gasteiger partial charge is 0.471 e. The van der Waals surface area contributed by atoms with Crippen LogP contribution in [0.1, 0.15) is 33.9 Å². The fraction of sp³-hybridized carbons (Fsp3) is 0.179. The van der Waals surface area contributed by atoms with Crippen molar-refractivity contribution >= 4 is 16.7 Å². The Bertz CT molecular complexity index is 1300. The number of alkyl halides is 3. The quantitative estimate of drug-likeness (QED) is 0.375. The second kappa shape index (κ2) is 8.95. The van der Waals surface area contributed by atoms with Gasteiger partial charge in [0.1, 0.15) is 5.60 Å². The van der Waals surface area contributed by atoms with E-state index in [-0.39, 0.29) is 0 Å². The van der Waals surface area contributed by atoms with E-state index in [0.29, 0.717) is 22.1 Å². The molecule has 0 aliphatic heterocycles. The van der Waals surface area contributed by atoms with E-state index in [1.165, 1.54) is 0 Å². The highest BCUT2D eigenvalue weighted by molar-refractivity contribution is 5.88. The molecule has 0 radical (unpaired) electrons. The molecule has 0 aromatic heterocycles. The summed E-state index contributed by atoms with van der Waals surface area (Å²) in [7, 11) is 0. The van der Waals surface area contributed by atoms with Crippen LogP contribution in [0.4, 0.5) is 13.2 Å². The first-order chi connectivity index (χ1) is 16.1. The molecule has 6 heteroatoms. The van der Waals surface area contributed by atoms with Crippen molar-refractivity contribution < 1.29 is 23.1 Å². The molecule has 1 amide bonds. The number of aliphatic hydroxyl groups is 1. The van der Waals surface area contributed by atoms with Crippen molar-refractivity contribution in [3.8, 4) is 0 Å². The highest BCUT2D eigenvalue weighted by Gasteiger charge is 2.47. The van der Waals surface area contributed by atoms with Gasteiger partial charge >= 0.3 is 12.1 Å². The van der Waals surface area contributed by atoms with Crippen LogP contribution < -0.4 is 5.32 Å². The van der Waals surface area contributed by atoms with Crippen molar-refractivity contribution in [3.63, 3.8) is 0 Å². The van der Waals surface area contributed by atoms with Crippen molar-refractivity contribution in [2.75, 3.05) is 0 Å². The van der Waals surface area contributed by atoms with E-state index in [1.807, 2.05) is 44.2 Å². The number of carbonyl (C=O) groups excluding carboxylic acids is 1. The number of amides is 1. The number of nitrogens with one attached hydrogen (secondary N) is 1. The molecule has 1 unspecified atom stereocenters. The zero-order valence-corrected chi connectivity index (χ0v) is 18.7. The maximum Gasteiger partial charge on any atom is 0.471 e. The van der Waals surface area contributed by atoms with Crippen molar-refractivity contribution in [2.45, 2.75) is 31.7 Å². The minimum atomic E-state index is -5.12. The second-order valence-electron chi connectivity index (χ2n) is 8.48. The topological polar surface area (TPSA) is 49.3 Å². The van der Waals surface area contributed by atoms with Gasteiger partial charge in [-0.15, -0.1) is 0 Å². The lowest BCUT2D eigenvalue weighted by molar-refractivity contribution is -0.176. The number of halogens is 3. The van der Waals surface area contributed by atoms with E-state index in [2.05, 4.69) is 5.32 Å². The summed E-state index contributed by atoms with van der Waals surface area (Å²) in [5.41, 5.74) is 0.770. The Hall–Kier alpha value is -3.64. The molecule has 0 saturated heterocycles. The number of hydrogen-bond acceptors (Lipinski definition) is 2. The summed E-state index contributed by atoms with van der Waals surface area (Å²) in [6.07, 6.45) is -5.12. The Kier molecular flexibility index (Phi) is 6.19. The SMILES string of the molecule is Cc1cccc(C(O)(c2cccc(C)c2)C(NC(=O)C(F)(F)F)c2cccc3ccccc23)c1. The minimum Gasteiger partial charge on any atom is -0.378 e. The summed E-state index contributed by atoms with van der Waals surface area (Å²) in [6, 6.07) is 24.8. The first kappa shape index (κ1) is 23.5. The van der Waals surface area contributed by atoms with Crippen LogP contribution in [0, 0.1) is 13.8 Å². The molecule has 174 valence electrons. The third-order valence-corrected chi connectivity index (χ3v) is 6.00. The minimum absolute atomic E-state index is 0.374. The maximum absolute atomic E-state index is 13.5. The smallest absolute Gasteiger partial charge is 0.378 e. The molecule has 4 aromatic carbocycles. The average molecular weight is 463 g/mol. The van der Waals surface area contributed by atoms with Crippen LogP contribution >= 0.6 is 0 Å². The Balaban J connectivity index is 2.05. The molecule has 4 aromatic rings. The summed E-state index contributed by atoms with van der Waals surface area (Å²) in [4.78, 5) is 12.3. The Morgan fingerprint density at radius 2 is 1.32 bits per heavy atom. The van der Waals surface area contributed by atoms with Crippen LogP contribution in [0.2, 0.25) is 0 Å². The molecular weight excluding hydrogens is 439 g/mol. The monoisotopic (exact) mass is 463 g/mol. The summed E-state index contributed by atoms with van der Waals surface area (Å²) in [5, 5.41) is 16.0. The van der Waals surface area contributed by atoms with E-state index >= 15 is 0 Å². The molecular formula is C28H24F3NO2. The lowest BCUT2D eigenvalue weighted by Crippen LogP contribution is -2.48. The van der Waals surface area contributed by atoms with Crippen molar-refractivity contribution in [3.05, 3.63) is 119 Å². The van der Waals surface area contributed by atoms with E-state index in [0.717, 1.165) is 16.5 Å². The number of carbonyl (C=O) groups is 1. The van der Waals surface area contributed by atoms with Crippen LogP contribution in [0.3, 0.4) is 0 Å². The predicted molar refractivity (Wildman–Crippen MR) is 126 cm³/mol. The number of benzene rings is 4. The molecule has 1 atom stereocenters. The first-order valence-corrected chi connectivity index (χ1v) is 10.8. The van der Waals surface area contributed by atoms with Gasteiger partial charge in [-0.3, -0.25) is 4.79 Å². The molecule has 0 saturated carbocycles.